The molecule has 0 heterocycles. The Morgan fingerprint density at radius 1 is 1.05 bits per heavy atom. The summed E-state index contributed by atoms with van der Waals surface area (Å²) in [5, 5.41) is 10.6. The van der Waals surface area contributed by atoms with E-state index in [1.807, 2.05) is 49.4 Å². The Morgan fingerprint density at radius 3 is 2.42 bits per heavy atom. The number of aliphatic hydroxyl groups excluding tert-OH is 1. The molecule has 0 aliphatic rings. The third kappa shape index (κ3) is 3.03. The van der Waals surface area contributed by atoms with E-state index in [2.05, 4.69) is 13.0 Å². The van der Waals surface area contributed by atoms with Crippen molar-refractivity contribution >= 4 is 0 Å². The largest absolute Gasteiger partial charge is 0.388 e. The zero-order valence-corrected chi connectivity index (χ0v) is 11.5. The summed E-state index contributed by atoms with van der Waals surface area (Å²) in [4.78, 5) is 0. The molecule has 2 heteroatoms. The second-order valence-corrected chi connectivity index (χ2v) is 5.06. The fourth-order valence-electron chi connectivity index (χ4n) is 2.52. The Labute approximate surface area is 114 Å². The number of aryl methyl sites for hydroxylation is 2. The van der Waals surface area contributed by atoms with Crippen LogP contribution in [0.3, 0.4) is 0 Å². The summed E-state index contributed by atoms with van der Waals surface area (Å²) in [7, 11) is 0. The fraction of sp³-hybridized carbons (Fsp3) is 0.294. The topological polar surface area (TPSA) is 46.2 Å². The van der Waals surface area contributed by atoms with Crippen molar-refractivity contribution in [3.63, 3.8) is 0 Å². The highest BCUT2D eigenvalue weighted by molar-refractivity contribution is 5.34. The Bertz CT molecular complexity index is 550. The molecule has 3 N–H and O–H groups in total. The van der Waals surface area contributed by atoms with E-state index in [0.29, 0.717) is 6.54 Å². The first-order chi connectivity index (χ1) is 9.13. The van der Waals surface area contributed by atoms with E-state index in [4.69, 9.17) is 5.73 Å². The molecule has 0 fully saturated rings. The average molecular weight is 255 g/mol. The van der Waals surface area contributed by atoms with Crippen molar-refractivity contribution in [2.24, 2.45) is 5.73 Å². The van der Waals surface area contributed by atoms with Gasteiger partial charge in [-0.15, -0.1) is 0 Å². The Hall–Kier alpha value is -1.64. The summed E-state index contributed by atoms with van der Waals surface area (Å²) >= 11 is 0. The summed E-state index contributed by atoms with van der Waals surface area (Å²) in [6, 6.07) is 16.1. The second-order valence-electron chi connectivity index (χ2n) is 5.06. The third-order valence-electron chi connectivity index (χ3n) is 3.61. The minimum Gasteiger partial charge on any atom is -0.388 e. The molecule has 0 bridgehead atoms. The van der Waals surface area contributed by atoms with Gasteiger partial charge in [0.1, 0.15) is 0 Å². The Morgan fingerprint density at radius 2 is 1.79 bits per heavy atom. The van der Waals surface area contributed by atoms with Gasteiger partial charge in [-0.2, -0.15) is 0 Å². The van der Waals surface area contributed by atoms with Crippen molar-refractivity contribution in [1.82, 2.24) is 0 Å². The number of rotatable bonds is 4. The van der Waals surface area contributed by atoms with Gasteiger partial charge in [-0.05, 0) is 30.5 Å². The Balaban J connectivity index is 2.35. The lowest BCUT2D eigenvalue weighted by Crippen LogP contribution is -2.21. The minimum absolute atomic E-state index is 0.0667. The van der Waals surface area contributed by atoms with Crippen LogP contribution in [-0.4, -0.2) is 11.7 Å². The van der Waals surface area contributed by atoms with Crippen molar-refractivity contribution in [1.29, 1.82) is 0 Å². The summed E-state index contributed by atoms with van der Waals surface area (Å²) in [6.45, 7) is 4.52. The predicted octanol–water partition coefficient (Wildman–Crippen LogP) is 3.08. The maximum absolute atomic E-state index is 10.6. The number of hydrogen-bond donors (Lipinski definition) is 2. The molecule has 0 saturated heterocycles. The molecule has 0 saturated carbocycles. The molecule has 100 valence electrons. The molecule has 0 aromatic heterocycles. The Kier molecular flexibility index (Phi) is 4.35. The lowest BCUT2D eigenvalue weighted by molar-refractivity contribution is 0.147. The van der Waals surface area contributed by atoms with Gasteiger partial charge in [0.15, 0.2) is 0 Å². The molecule has 0 spiro atoms. The van der Waals surface area contributed by atoms with Crippen LogP contribution in [0.4, 0.5) is 0 Å². The van der Waals surface area contributed by atoms with Crippen LogP contribution in [-0.2, 0) is 0 Å². The zero-order chi connectivity index (χ0) is 13.8. The molecule has 19 heavy (non-hydrogen) atoms. The van der Waals surface area contributed by atoms with Crippen molar-refractivity contribution in [2.45, 2.75) is 25.9 Å². The average Bonchev–Trinajstić information content (AvgIpc) is 2.41. The first-order valence-electron chi connectivity index (χ1n) is 6.63. The molecule has 0 aliphatic carbocycles. The number of benzene rings is 2. The quantitative estimate of drug-likeness (QED) is 0.882. The lowest BCUT2D eigenvalue weighted by atomic mass is 9.86. The highest BCUT2D eigenvalue weighted by Gasteiger charge is 2.22. The highest BCUT2D eigenvalue weighted by atomic mass is 16.3. The second kappa shape index (κ2) is 6.00. The molecule has 2 unspecified atom stereocenters. The molecule has 2 aromatic carbocycles. The standard InChI is InChI=1S/C17H21NO/c1-12-6-5-8-14(10-12)17(19)16(11-18)15-9-4-3-7-13(15)2/h3-10,16-17,19H,11,18H2,1-2H3. The molecule has 2 aromatic rings. The smallest absolute Gasteiger partial charge is 0.0870 e. The van der Waals surface area contributed by atoms with Crippen LogP contribution in [0.2, 0.25) is 0 Å². The molecule has 0 aliphatic heterocycles. The van der Waals surface area contributed by atoms with Gasteiger partial charge < -0.3 is 10.8 Å². The van der Waals surface area contributed by atoms with Gasteiger partial charge in [0.2, 0.25) is 0 Å². The molecule has 0 amide bonds. The van der Waals surface area contributed by atoms with E-state index in [0.717, 1.165) is 16.7 Å². The van der Waals surface area contributed by atoms with Gasteiger partial charge in [0, 0.05) is 12.5 Å². The maximum atomic E-state index is 10.6. The third-order valence-corrected chi connectivity index (χ3v) is 3.61. The van der Waals surface area contributed by atoms with Gasteiger partial charge in [-0.3, -0.25) is 0 Å². The zero-order valence-electron chi connectivity index (χ0n) is 11.5. The SMILES string of the molecule is Cc1cccc(C(O)C(CN)c2ccccc2C)c1. The molecule has 2 nitrogen and oxygen atoms in total. The first-order valence-corrected chi connectivity index (χ1v) is 6.63. The molecule has 2 rings (SSSR count). The van der Waals surface area contributed by atoms with Crippen LogP contribution in [0.25, 0.3) is 0 Å². The summed E-state index contributed by atoms with van der Waals surface area (Å²) in [6.07, 6.45) is -0.564. The highest BCUT2D eigenvalue weighted by Crippen LogP contribution is 2.32. The molecule has 0 radical (unpaired) electrons. The maximum Gasteiger partial charge on any atom is 0.0870 e. The minimum atomic E-state index is -0.564. The number of aliphatic hydroxyl groups is 1. The van der Waals surface area contributed by atoms with Gasteiger partial charge in [-0.25, -0.2) is 0 Å². The van der Waals surface area contributed by atoms with Crippen molar-refractivity contribution < 1.29 is 5.11 Å². The normalized spacial score (nSPS) is 14.1. The van der Waals surface area contributed by atoms with E-state index in [1.165, 1.54) is 5.56 Å². The van der Waals surface area contributed by atoms with Crippen molar-refractivity contribution in [3.05, 3.63) is 70.8 Å². The number of nitrogens with two attached hydrogens (primary N) is 1. The summed E-state index contributed by atoms with van der Waals surface area (Å²) in [5.41, 5.74) is 10.3. The van der Waals surface area contributed by atoms with Gasteiger partial charge >= 0.3 is 0 Å². The van der Waals surface area contributed by atoms with E-state index in [-0.39, 0.29) is 5.92 Å². The lowest BCUT2D eigenvalue weighted by Gasteiger charge is -2.24. The fourth-order valence-corrected chi connectivity index (χ4v) is 2.52. The van der Waals surface area contributed by atoms with Gasteiger partial charge in [0.25, 0.3) is 0 Å². The van der Waals surface area contributed by atoms with Gasteiger partial charge in [0.05, 0.1) is 6.10 Å². The van der Waals surface area contributed by atoms with Crippen LogP contribution in [0.1, 0.15) is 34.3 Å². The van der Waals surface area contributed by atoms with Crippen LogP contribution in [0.5, 0.6) is 0 Å². The predicted molar refractivity (Wildman–Crippen MR) is 79.1 cm³/mol. The summed E-state index contributed by atoms with van der Waals surface area (Å²) < 4.78 is 0. The van der Waals surface area contributed by atoms with Gasteiger partial charge in [-0.1, -0.05) is 54.1 Å². The summed E-state index contributed by atoms with van der Waals surface area (Å²) in [5.74, 6) is -0.0667. The van der Waals surface area contributed by atoms with E-state index < -0.39 is 6.10 Å². The van der Waals surface area contributed by atoms with Crippen LogP contribution < -0.4 is 5.73 Å². The van der Waals surface area contributed by atoms with E-state index in [1.54, 1.807) is 0 Å². The molecular weight excluding hydrogens is 234 g/mol. The van der Waals surface area contributed by atoms with Crippen LogP contribution >= 0.6 is 0 Å². The first kappa shape index (κ1) is 13.8. The van der Waals surface area contributed by atoms with Crippen LogP contribution in [0, 0.1) is 13.8 Å². The van der Waals surface area contributed by atoms with Crippen LogP contribution in [0.15, 0.2) is 48.5 Å². The number of hydrogen-bond acceptors (Lipinski definition) is 2. The molecular formula is C17H21NO. The van der Waals surface area contributed by atoms with E-state index in [9.17, 15) is 5.11 Å². The van der Waals surface area contributed by atoms with Crippen molar-refractivity contribution in [3.8, 4) is 0 Å². The molecule has 2 atom stereocenters. The van der Waals surface area contributed by atoms with Crippen molar-refractivity contribution in [2.75, 3.05) is 6.54 Å². The van der Waals surface area contributed by atoms with E-state index >= 15 is 0 Å². The monoisotopic (exact) mass is 255 g/mol.